The largest absolute Gasteiger partial charge is 0.459 e. The molecule has 0 saturated carbocycles. The van der Waals surface area contributed by atoms with Crippen LogP contribution in [0.15, 0.2) is 22.6 Å². The predicted octanol–water partition coefficient (Wildman–Crippen LogP) is 3.11. The lowest BCUT2D eigenvalue weighted by atomic mass is 10.1. The third-order valence-electron chi connectivity index (χ3n) is 4.52. The molecule has 1 fully saturated rings. The van der Waals surface area contributed by atoms with Gasteiger partial charge in [-0.25, -0.2) is 9.18 Å². The van der Waals surface area contributed by atoms with Gasteiger partial charge in [-0.05, 0) is 44.9 Å². The van der Waals surface area contributed by atoms with Gasteiger partial charge in [0.25, 0.3) is 0 Å². The number of hydrogen-bond acceptors (Lipinski definition) is 3. The Morgan fingerprint density at radius 1 is 1.57 bits per heavy atom. The normalized spacial score (nSPS) is 19.3. The van der Waals surface area contributed by atoms with E-state index in [9.17, 15) is 14.3 Å². The fourth-order valence-electron chi connectivity index (χ4n) is 3.25. The smallest absolute Gasteiger partial charge is 0.318 e. The molecule has 2 amide bonds. The molecule has 1 aromatic carbocycles. The van der Waals surface area contributed by atoms with Crippen molar-refractivity contribution in [1.82, 2.24) is 10.2 Å². The van der Waals surface area contributed by atoms with Gasteiger partial charge < -0.3 is 19.7 Å². The van der Waals surface area contributed by atoms with Gasteiger partial charge in [-0.15, -0.1) is 0 Å². The van der Waals surface area contributed by atoms with Gasteiger partial charge >= 0.3 is 6.03 Å². The highest BCUT2D eigenvalue weighted by Gasteiger charge is 2.29. The van der Waals surface area contributed by atoms with Crippen LogP contribution in [0.3, 0.4) is 0 Å². The monoisotopic (exact) mass is 320 g/mol. The maximum atomic E-state index is 13.4. The maximum Gasteiger partial charge on any atom is 0.318 e. The molecule has 124 valence electrons. The average Bonchev–Trinajstić information content (AvgIpc) is 3.12. The number of benzene rings is 1. The number of hydrogen-bond donors (Lipinski definition) is 2. The van der Waals surface area contributed by atoms with Crippen LogP contribution >= 0.6 is 0 Å². The number of carbonyl (C=O) groups is 1. The zero-order chi connectivity index (χ0) is 16.6. The van der Waals surface area contributed by atoms with Crippen LogP contribution in [0.2, 0.25) is 0 Å². The Kier molecular flexibility index (Phi) is 4.26. The number of furan rings is 1. The summed E-state index contributed by atoms with van der Waals surface area (Å²) in [5.74, 6) is 0.311. The number of aliphatic hydroxyl groups excluding tert-OH is 1. The minimum Gasteiger partial charge on any atom is -0.459 e. The van der Waals surface area contributed by atoms with Crippen molar-refractivity contribution in [2.45, 2.75) is 38.8 Å². The Hall–Kier alpha value is -2.08. The number of halogens is 1. The molecule has 6 heteroatoms. The van der Waals surface area contributed by atoms with Crippen LogP contribution in [-0.2, 0) is 0 Å². The molecule has 0 bridgehead atoms. The second-order valence-electron chi connectivity index (χ2n) is 6.07. The van der Waals surface area contributed by atoms with E-state index in [0.717, 1.165) is 23.8 Å². The Bertz CT molecular complexity index is 728. The van der Waals surface area contributed by atoms with Crippen molar-refractivity contribution < 1.29 is 18.7 Å². The highest BCUT2D eigenvalue weighted by molar-refractivity contribution is 5.82. The molecule has 2 aromatic rings. The quantitative estimate of drug-likeness (QED) is 0.913. The fourth-order valence-corrected chi connectivity index (χ4v) is 3.25. The van der Waals surface area contributed by atoms with E-state index in [1.807, 2.05) is 13.8 Å². The van der Waals surface area contributed by atoms with E-state index in [0.29, 0.717) is 17.9 Å². The number of amides is 2. The highest BCUT2D eigenvalue weighted by Crippen LogP contribution is 2.30. The van der Waals surface area contributed by atoms with E-state index in [1.165, 1.54) is 12.1 Å². The predicted molar refractivity (Wildman–Crippen MR) is 84.7 cm³/mol. The third kappa shape index (κ3) is 2.91. The topological polar surface area (TPSA) is 65.7 Å². The maximum absolute atomic E-state index is 13.4. The Labute approximate surface area is 134 Å². The summed E-state index contributed by atoms with van der Waals surface area (Å²) in [6.07, 6.45) is 1.72. The lowest BCUT2D eigenvalue weighted by Gasteiger charge is -2.25. The molecule has 1 aliphatic heterocycles. The molecule has 0 radical (unpaired) electrons. The molecule has 1 aromatic heterocycles. The van der Waals surface area contributed by atoms with Gasteiger partial charge in [0, 0.05) is 17.5 Å². The molecule has 0 aliphatic carbocycles. The van der Waals surface area contributed by atoms with Crippen LogP contribution in [0.5, 0.6) is 0 Å². The molecular weight excluding hydrogens is 299 g/mol. The Morgan fingerprint density at radius 3 is 3.09 bits per heavy atom. The van der Waals surface area contributed by atoms with E-state index < -0.39 is 0 Å². The Balaban J connectivity index is 1.79. The van der Waals surface area contributed by atoms with Crippen molar-refractivity contribution >= 4 is 17.0 Å². The number of nitrogens with one attached hydrogen (secondary N) is 1. The molecule has 5 nitrogen and oxygen atoms in total. The van der Waals surface area contributed by atoms with E-state index in [4.69, 9.17) is 4.42 Å². The molecule has 2 heterocycles. The lowest BCUT2D eigenvalue weighted by Crippen LogP contribution is -2.44. The number of nitrogens with zero attached hydrogens (tertiary/aromatic N) is 1. The number of urea groups is 1. The van der Waals surface area contributed by atoms with E-state index in [1.54, 1.807) is 11.0 Å². The molecule has 2 N–H and O–H groups in total. The molecule has 1 saturated heterocycles. The number of carbonyl (C=O) groups excluding carboxylic acids is 1. The second kappa shape index (κ2) is 6.20. The summed E-state index contributed by atoms with van der Waals surface area (Å²) >= 11 is 0. The highest BCUT2D eigenvalue weighted by atomic mass is 19.1. The number of rotatable bonds is 3. The molecule has 2 unspecified atom stereocenters. The summed E-state index contributed by atoms with van der Waals surface area (Å²) < 4.78 is 19.2. The van der Waals surface area contributed by atoms with Gasteiger partial charge in [0.2, 0.25) is 0 Å². The number of likely N-dealkylation sites (tertiary alicyclic amines) is 1. The third-order valence-corrected chi connectivity index (χ3v) is 4.52. The van der Waals surface area contributed by atoms with E-state index >= 15 is 0 Å². The summed E-state index contributed by atoms with van der Waals surface area (Å²) in [5.41, 5.74) is 1.43. The van der Waals surface area contributed by atoms with Crippen molar-refractivity contribution in [3.8, 4) is 0 Å². The summed E-state index contributed by atoms with van der Waals surface area (Å²) in [6, 6.07) is 3.73. The average molecular weight is 320 g/mol. The van der Waals surface area contributed by atoms with Crippen LogP contribution in [0.1, 0.15) is 37.1 Å². The van der Waals surface area contributed by atoms with Crippen LogP contribution in [0.4, 0.5) is 9.18 Å². The van der Waals surface area contributed by atoms with Crippen LogP contribution in [0, 0.1) is 12.7 Å². The Morgan fingerprint density at radius 2 is 2.35 bits per heavy atom. The first-order valence-electron chi connectivity index (χ1n) is 7.87. The molecule has 2 atom stereocenters. The lowest BCUT2D eigenvalue weighted by molar-refractivity contribution is 0.154. The first-order valence-corrected chi connectivity index (χ1v) is 7.87. The van der Waals surface area contributed by atoms with Crippen molar-refractivity contribution in [2.75, 3.05) is 13.2 Å². The molecule has 3 rings (SSSR count). The summed E-state index contributed by atoms with van der Waals surface area (Å²) in [7, 11) is 0. The van der Waals surface area contributed by atoms with Gasteiger partial charge in [-0.1, -0.05) is 0 Å². The first kappa shape index (κ1) is 15.8. The van der Waals surface area contributed by atoms with Crippen LogP contribution in [0.25, 0.3) is 11.0 Å². The summed E-state index contributed by atoms with van der Waals surface area (Å²) in [6.45, 7) is 4.32. The number of fused-ring (bicyclic) bond motifs is 1. The molecule has 1 aliphatic rings. The number of aryl methyl sites for hydroxylation is 1. The van der Waals surface area contributed by atoms with Crippen molar-refractivity contribution in [1.29, 1.82) is 0 Å². The van der Waals surface area contributed by atoms with Crippen LogP contribution in [-0.4, -0.2) is 35.2 Å². The van der Waals surface area contributed by atoms with Crippen molar-refractivity contribution in [3.63, 3.8) is 0 Å². The van der Waals surface area contributed by atoms with Crippen molar-refractivity contribution in [2.24, 2.45) is 0 Å². The zero-order valence-electron chi connectivity index (χ0n) is 13.3. The van der Waals surface area contributed by atoms with Gasteiger partial charge in [-0.3, -0.25) is 0 Å². The van der Waals surface area contributed by atoms with Gasteiger partial charge in [0.05, 0.1) is 18.7 Å². The minimum absolute atomic E-state index is 0.0231. The van der Waals surface area contributed by atoms with Gasteiger partial charge in [-0.2, -0.15) is 0 Å². The number of aliphatic hydroxyl groups is 1. The van der Waals surface area contributed by atoms with Gasteiger partial charge in [0.1, 0.15) is 17.2 Å². The second-order valence-corrected chi connectivity index (χ2v) is 6.07. The standard InChI is InChI=1S/C17H21FN2O3/c1-10-14-8-12(18)5-6-15(14)23-16(10)11(2)19-17(22)20-7-3-4-13(20)9-21/h5-6,8,11,13,21H,3-4,7,9H2,1-2H3,(H,19,22). The minimum atomic E-state index is -0.335. The molecule has 23 heavy (non-hydrogen) atoms. The van der Waals surface area contributed by atoms with Crippen molar-refractivity contribution in [3.05, 3.63) is 35.3 Å². The van der Waals surface area contributed by atoms with Gasteiger partial charge in [0.15, 0.2) is 0 Å². The fraction of sp³-hybridized carbons (Fsp3) is 0.471. The molecular formula is C17H21FN2O3. The van der Waals surface area contributed by atoms with E-state index in [2.05, 4.69) is 5.32 Å². The van der Waals surface area contributed by atoms with Crippen LogP contribution < -0.4 is 5.32 Å². The zero-order valence-corrected chi connectivity index (χ0v) is 13.3. The molecule has 0 spiro atoms. The van der Waals surface area contributed by atoms with E-state index in [-0.39, 0.29) is 30.5 Å². The SMILES string of the molecule is Cc1c(C(C)NC(=O)N2CCCC2CO)oc2ccc(F)cc12. The summed E-state index contributed by atoms with van der Waals surface area (Å²) in [4.78, 5) is 14.0. The first-order chi connectivity index (χ1) is 11.0. The summed E-state index contributed by atoms with van der Waals surface area (Å²) in [5, 5.41) is 13.0.